The number of hydrogen-bond acceptors (Lipinski definition) is 7. The molecule has 0 aliphatic carbocycles. The zero-order valence-electron chi connectivity index (χ0n) is 22.1. The number of sulfonamides is 1. The summed E-state index contributed by atoms with van der Waals surface area (Å²) in [5.74, 6) is -2.62. The number of nitrogens with two attached hydrogens (primary N) is 1. The van der Waals surface area contributed by atoms with Crippen LogP contribution < -0.4 is 26.6 Å². The van der Waals surface area contributed by atoms with Crippen LogP contribution in [0.3, 0.4) is 0 Å². The van der Waals surface area contributed by atoms with Crippen LogP contribution in [0.15, 0.2) is 64.4 Å². The van der Waals surface area contributed by atoms with Crippen LogP contribution in [0.2, 0.25) is 0 Å². The first-order chi connectivity index (χ1) is 18.8. The lowest BCUT2D eigenvalue weighted by atomic mass is 10.1. The van der Waals surface area contributed by atoms with Crippen LogP contribution in [0, 0.1) is 5.92 Å². The van der Waals surface area contributed by atoms with Crippen molar-refractivity contribution in [3.63, 3.8) is 0 Å². The van der Waals surface area contributed by atoms with Crippen molar-refractivity contribution in [2.24, 2.45) is 11.1 Å². The average molecular weight is 576 g/mol. The number of rotatable bonds is 14. The summed E-state index contributed by atoms with van der Waals surface area (Å²) < 4.78 is 24.1. The molecule has 0 aliphatic heterocycles. The van der Waals surface area contributed by atoms with Crippen LogP contribution in [0.4, 0.5) is 5.69 Å². The maximum atomic E-state index is 13.1. The van der Waals surface area contributed by atoms with Crippen LogP contribution >= 0.6 is 0 Å². The SMILES string of the molecule is CC(C)CCNC(=O)Cn1cccc(NC(=O)C(CC/C=C/C(=O)O)NC(=O)c2ccc(S(N)(=O)=O)cc2)c1=O. The first-order valence-electron chi connectivity index (χ1n) is 12.4. The predicted octanol–water partition coefficient (Wildman–Crippen LogP) is 0.816. The molecule has 0 radical (unpaired) electrons. The minimum atomic E-state index is -3.97. The Morgan fingerprint density at radius 2 is 1.75 bits per heavy atom. The van der Waals surface area contributed by atoms with Gasteiger partial charge in [0.15, 0.2) is 0 Å². The average Bonchev–Trinajstić information content (AvgIpc) is 2.87. The van der Waals surface area contributed by atoms with E-state index >= 15 is 0 Å². The van der Waals surface area contributed by atoms with Crippen LogP contribution in [0.25, 0.3) is 0 Å². The molecule has 0 bridgehead atoms. The van der Waals surface area contributed by atoms with Crippen LogP contribution in [-0.2, 0) is 31.0 Å². The van der Waals surface area contributed by atoms with E-state index < -0.39 is 39.4 Å². The maximum Gasteiger partial charge on any atom is 0.327 e. The Morgan fingerprint density at radius 1 is 1.07 bits per heavy atom. The highest BCUT2D eigenvalue weighted by Gasteiger charge is 2.23. The number of hydrogen-bond donors (Lipinski definition) is 5. The molecule has 1 heterocycles. The molecule has 40 heavy (non-hydrogen) atoms. The number of allylic oxidation sites excluding steroid dienone is 1. The summed E-state index contributed by atoms with van der Waals surface area (Å²) in [4.78, 5) is 61.5. The standard InChI is InChI=1S/C26H33N5O8S/c1-17(2)13-14-28-22(32)16-31-15-5-7-21(26(31)37)30-25(36)20(6-3-4-8-23(33)34)29-24(35)18-9-11-19(12-10-18)40(27,38)39/h4-5,7-12,15,17,20H,3,6,13-14,16H2,1-2H3,(H,28,32)(H,29,35)(H,30,36)(H,33,34)(H2,27,38,39)/b8-4+. The second-order valence-electron chi connectivity index (χ2n) is 9.29. The van der Waals surface area contributed by atoms with Gasteiger partial charge in [0.2, 0.25) is 21.8 Å². The molecule has 3 amide bonds. The number of pyridine rings is 1. The molecule has 1 atom stereocenters. The Balaban J connectivity index is 2.18. The van der Waals surface area contributed by atoms with Crippen molar-refractivity contribution in [3.8, 4) is 0 Å². The zero-order valence-corrected chi connectivity index (χ0v) is 22.9. The van der Waals surface area contributed by atoms with Crippen molar-refractivity contribution in [2.75, 3.05) is 11.9 Å². The van der Waals surface area contributed by atoms with E-state index in [2.05, 4.69) is 16.0 Å². The highest BCUT2D eigenvalue weighted by atomic mass is 32.2. The summed E-state index contributed by atoms with van der Waals surface area (Å²) in [7, 11) is -3.97. The van der Waals surface area contributed by atoms with E-state index in [0.29, 0.717) is 12.5 Å². The van der Waals surface area contributed by atoms with Gasteiger partial charge in [-0.05, 0) is 61.6 Å². The number of aromatic nitrogens is 1. The highest BCUT2D eigenvalue weighted by Crippen LogP contribution is 2.11. The second-order valence-corrected chi connectivity index (χ2v) is 10.9. The predicted molar refractivity (Wildman–Crippen MR) is 147 cm³/mol. The summed E-state index contributed by atoms with van der Waals surface area (Å²) in [6.45, 7) is 4.25. The number of nitrogens with one attached hydrogen (secondary N) is 3. The minimum absolute atomic E-state index is 0.0180. The minimum Gasteiger partial charge on any atom is -0.478 e. The lowest BCUT2D eigenvalue weighted by Crippen LogP contribution is -2.44. The number of nitrogens with zero attached hydrogens (tertiary/aromatic N) is 1. The van der Waals surface area contributed by atoms with Crippen molar-refractivity contribution in [1.29, 1.82) is 0 Å². The monoisotopic (exact) mass is 575 g/mol. The number of primary sulfonamides is 1. The summed E-state index contributed by atoms with van der Waals surface area (Å²) in [6.07, 6.45) is 4.47. The Kier molecular flexibility index (Phi) is 11.8. The van der Waals surface area contributed by atoms with Gasteiger partial charge in [0.05, 0.1) is 4.90 Å². The van der Waals surface area contributed by atoms with Crippen LogP contribution in [0.1, 0.15) is 43.5 Å². The molecule has 0 spiro atoms. The molecule has 0 fully saturated rings. The molecule has 0 saturated carbocycles. The molecule has 2 aromatic rings. The van der Waals surface area contributed by atoms with Gasteiger partial charge in [0.1, 0.15) is 18.3 Å². The molecule has 1 aromatic heterocycles. The normalized spacial score (nSPS) is 12.2. The summed E-state index contributed by atoms with van der Waals surface area (Å²) >= 11 is 0. The molecule has 216 valence electrons. The molecule has 6 N–H and O–H groups in total. The van der Waals surface area contributed by atoms with Gasteiger partial charge in [0.25, 0.3) is 11.5 Å². The fourth-order valence-electron chi connectivity index (χ4n) is 3.44. The largest absolute Gasteiger partial charge is 0.478 e. The van der Waals surface area contributed by atoms with Gasteiger partial charge < -0.3 is 25.6 Å². The maximum absolute atomic E-state index is 13.1. The van der Waals surface area contributed by atoms with Crippen molar-refractivity contribution in [3.05, 3.63) is 70.7 Å². The third-order valence-electron chi connectivity index (χ3n) is 5.59. The van der Waals surface area contributed by atoms with Crippen molar-refractivity contribution in [2.45, 2.75) is 50.6 Å². The van der Waals surface area contributed by atoms with E-state index in [1.165, 1.54) is 36.5 Å². The Bertz CT molecular complexity index is 1420. The van der Waals surface area contributed by atoms with Crippen LogP contribution in [0.5, 0.6) is 0 Å². The first kappa shape index (κ1) is 31.9. The third-order valence-corrected chi connectivity index (χ3v) is 6.51. The topological polar surface area (TPSA) is 207 Å². The highest BCUT2D eigenvalue weighted by molar-refractivity contribution is 7.89. The van der Waals surface area contributed by atoms with Gasteiger partial charge in [0, 0.05) is 24.4 Å². The van der Waals surface area contributed by atoms with Gasteiger partial charge in [-0.2, -0.15) is 0 Å². The molecule has 0 saturated heterocycles. The fraction of sp³-hybridized carbons (Fsp3) is 0.346. The summed E-state index contributed by atoms with van der Waals surface area (Å²) in [5.41, 5.74) is -0.721. The first-order valence-corrected chi connectivity index (χ1v) is 13.9. The van der Waals surface area contributed by atoms with Gasteiger partial charge in [-0.15, -0.1) is 0 Å². The van der Waals surface area contributed by atoms with E-state index in [4.69, 9.17) is 10.2 Å². The van der Waals surface area contributed by atoms with E-state index in [1.807, 2.05) is 13.8 Å². The van der Waals surface area contributed by atoms with Crippen molar-refractivity contribution in [1.82, 2.24) is 15.2 Å². The number of carbonyl (C=O) groups is 4. The number of carboxylic acids is 1. The molecular formula is C26H33N5O8S. The molecule has 13 nitrogen and oxygen atoms in total. The van der Waals surface area contributed by atoms with Gasteiger partial charge in [-0.25, -0.2) is 18.4 Å². The third kappa shape index (κ3) is 10.5. The van der Waals surface area contributed by atoms with Gasteiger partial charge in [-0.3, -0.25) is 19.2 Å². The van der Waals surface area contributed by atoms with E-state index in [9.17, 15) is 32.4 Å². The number of anilines is 1. The second kappa shape index (κ2) is 14.7. The number of carbonyl (C=O) groups excluding carboxylic acids is 3. The Labute approximate surface area is 231 Å². The summed E-state index contributed by atoms with van der Waals surface area (Å²) in [5, 5.41) is 21.6. The zero-order chi connectivity index (χ0) is 29.9. The lowest BCUT2D eigenvalue weighted by Gasteiger charge is -2.18. The molecule has 2 rings (SSSR count). The smallest absolute Gasteiger partial charge is 0.327 e. The Morgan fingerprint density at radius 3 is 2.35 bits per heavy atom. The van der Waals surface area contributed by atoms with Crippen LogP contribution in [-0.4, -0.2) is 54.4 Å². The Hall–Kier alpha value is -4.30. The number of benzene rings is 1. The van der Waals surface area contributed by atoms with Crippen molar-refractivity contribution < 1.29 is 32.7 Å². The summed E-state index contributed by atoms with van der Waals surface area (Å²) in [6, 6.07) is 6.35. The lowest BCUT2D eigenvalue weighted by molar-refractivity contribution is -0.131. The molecule has 1 unspecified atom stereocenters. The molecule has 14 heteroatoms. The van der Waals surface area contributed by atoms with E-state index in [0.717, 1.165) is 29.2 Å². The number of carboxylic acid groups (broad SMARTS) is 1. The molecular weight excluding hydrogens is 542 g/mol. The van der Waals surface area contributed by atoms with Gasteiger partial charge in [-0.1, -0.05) is 19.9 Å². The molecule has 1 aromatic carbocycles. The number of aliphatic carboxylic acids is 1. The fourth-order valence-corrected chi connectivity index (χ4v) is 3.96. The van der Waals surface area contributed by atoms with E-state index in [-0.39, 0.29) is 41.4 Å². The quantitative estimate of drug-likeness (QED) is 0.203. The number of amides is 3. The van der Waals surface area contributed by atoms with Gasteiger partial charge >= 0.3 is 5.97 Å². The molecule has 0 aliphatic rings. The van der Waals surface area contributed by atoms with Crippen molar-refractivity contribution >= 4 is 39.4 Å². The van der Waals surface area contributed by atoms with E-state index in [1.54, 1.807) is 0 Å².